The molecule has 0 unspecified atom stereocenters. The van der Waals surface area contributed by atoms with Crippen LogP contribution < -0.4 is 6.15 Å². The second kappa shape index (κ2) is 18.0. The zero-order chi connectivity index (χ0) is 16.5. The first-order valence-electron chi connectivity index (χ1n) is 9.16. The summed E-state index contributed by atoms with van der Waals surface area (Å²) in [6, 6.07) is 0. The van der Waals surface area contributed by atoms with Crippen molar-refractivity contribution in [3.8, 4) is 0 Å². The number of hydrogen-bond donors (Lipinski definition) is 2. The molecule has 0 spiro atoms. The molecule has 0 fully saturated rings. The van der Waals surface area contributed by atoms with Gasteiger partial charge >= 0.3 is 0 Å². The maximum absolute atomic E-state index is 10.5. The van der Waals surface area contributed by atoms with Crippen LogP contribution in [0.2, 0.25) is 0 Å². The third-order valence-electron chi connectivity index (χ3n) is 3.91. The van der Waals surface area contributed by atoms with Gasteiger partial charge in [0.15, 0.2) is 0 Å². The van der Waals surface area contributed by atoms with Gasteiger partial charge in [0.1, 0.15) is 0 Å². The molecule has 23 heavy (non-hydrogen) atoms. The Morgan fingerprint density at radius 2 is 1.09 bits per heavy atom. The summed E-state index contributed by atoms with van der Waals surface area (Å²) in [5, 5.41) is 0. The molecule has 0 bridgehead atoms. The molecule has 0 amide bonds. The first kappa shape index (κ1) is 24.9. The van der Waals surface area contributed by atoms with Crippen LogP contribution in [-0.2, 0) is 10.1 Å². The van der Waals surface area contributed by atoms with Crippen molar-refractivity contribution in [2.75, 3.05) is 5.75 Å². The molecule has 0 aliphatic carbocycles. The monoisotopic (exact) mass is 349 g/mol. The molecular formula is C18H39NO3S. The molecular weight excluding hydrogens is 310 g/mol. The van der Waals surface area contributed by atoms with Crippen LogP contribution >= 0.6 is 0 Å². The van der Waals surface area contributed by atoms with Crippen LogP contribution in [-0.4, -0.2) is 18.7 Å². The van der Waals surface area contributed by atoms with Gasteiger partial charge in [0.05, 0.1) is 5.75 Å². The third-order valence-corrected chi connectivity index (χ3v) is 4.72. The number of allylic oxidation sites excluding steroid dienone is 2. The minimum Gasteiger partial charge on any atom is -0.344 e. The first-order valence-corrected chi connectivity index (χ1v) is 10.8. The highest BCUT2D eigenvalue weighted by Crippen LogP contribution is 2.10. The highest BCUT2D eigenvalue weighted by atomic mass is 32.2. The minimum atomic E-state index is -3.75. The molecule has 0 rings (SSSR count). The van der Waals surface area contributed by atoms with E-state index in [0.29, 0.717) is 6.42 Å². The molecule has 0 saturated heterocycles. The Hall–Kier alpha value is -0.390. The molecule has 5 heteroatoms. The Labute approximate surface area is 144 Å². The first-order chi connectivity index (χ1) is 10.6. The average molecular weight is 350 g/mol. The van der Waals surface area contributed by atoms with E-state index in [9.17, 15) is 8.42 Å². The third kappa shape index (κ3) is 24.0. The van der Waals surface area contributed by atoms with Crippen LogP contribution in [0.25, 0.3) is 0 Å². The van der Waals surface area contributed by atoms with Crippen LogP contribution in [0.4, 0.5) is 0 Å². The predicted octanol–water partition coefficient (Wildman–Crippen LogP) is 6.07. The van der Waals surface area contributed by atoms with Gasteiger partial charge in [0.25, 0.3) is 10.1 Å². The van der Waals surface area contributed by atoms with Gasteiger partial charge in [-0.25, -0.2) is 0 Å². The Morgan fingerprint density at radius 1 is 0.696 bits per heavy atom. The summed E-state index contributed by atoms with van der Waals surface area (Å²) >= 11 is 0. The summed E-state index contributed by atoms with van der Waals surface area (Å²) in [6.07, 6.45) is 21.4. The maximum Gasteiger partial charge on any atom is 0.264 e. The summed E-state index contributed by atoms with van der Waals surface area (Å²) in [5.41, 5.74) is 0. The molecule has 0 aromatic rings. The van der Waals surface area contributed by atoms with Gasteiger partial charge in [-0.3, -0.25) is 4.55 Å². The van der Waals surface area contributed by atoms with Crippen molar-refractivity contribution in [2.24, 2.45) is 0 Å². The standard InChI is InChI=1S/C18H36O3S.H3N/c1-2-3-4-5-6-7-8-9-10-11-12-13-14-15-16-17-18-22(19,20)21;/h9-10H,2-8,11-18H2,1H3,(H,19,20,21);1H3. The van der Waals surface area contributed by atoms with E-state index >= 15 is 0 Å². The molecule has 4 N–H and O–H groups in total. The molecule has 0 saturated carbocycles. The molecule has 0 aliphatic heterocycles. The quantitative estimate of drug-likeness (QED) is 0.201. The Balaban J connectivity index is 0. The van der Waals surface area contributed by atoms with E-state index in [1.807, 2.05) is 0 Å². The topological polar surface area (TPSA) is 89.4 Å². The van der Waals surface area contributed by atoms with E-state index in [1.54, 1.807) is 0 Å². The summed E-state index contributed by atoms with van der Waals surface area (Å²) < 4.78 is 29.7. The molecule has 0 aromatic heterocycles. The van der Waals surface area contributed by atoms with Gasteiger partial charge in [-0.05, 0) is 32.1 Å². The van der Waals surface area contributed by atoms with Gasteiger partial charge in [0, 0.05) is 0 Å². The molecule has 4 nitrogen and oxygen atoms in total. The van der Waals surface area contributed by atoms with E-state index in [-0.39, 0.29) is 11.9 Å². The SMILES string of the molecule is CCCCCCCCC=CCCCCCCCCS(=O)(=O)O.N. The highest BCUT2D eigenvalue weighted by Gasteiger charge is 2.02. The van der Waals surface area contributed by atoms with Gasteiger partial charge in [0.2, 0.25) is 0 Å². The summed E-state index contributed by atoms with van der Waals surface area (Å²) in [7, 11) is -3.75. The normalized spacial score (nSPS) is 11.7. The smallest absolute Gasteiger partial charge is 0.264 e. The van der Waals surface area contributed by atoms with Crippen LogP contribution in [0.1, 0.15) is 96.8 Å². The van der Waals surface area contributed by atoms with Crippen molar-refractivity contribution in [3.63, 3.8) is 0 Å². The van der Waals surface area contributed by atoms with Crippen LogP contribution in [0.3, 0.4) is 0 Å². The van der Waals surface area contributed by atoms with Gasteiger partial charge < -0.3 is 6.15 Å². The Kier molecular flexibility index (Phi) is 19.4. The van der Waals surface area contributed by atoms with Gasteiger partial charge in [-0.15, -0.1) is 0 Å². The average Bonchev–Trinajstić information content (AvgIpc) is 2.45. The van der Waals surface area contributed by atoms with Crippen molar-refractivity contribution in [2.45, 2.75) is 96.8 Å². The van der Waals surface area contributed by atoms with Crippen molar-refractivity contribution in [1.82, 2.24) is 6.15 Å². The second-order valence-electron chi connectivity index (χ2n) is 6.22. The molecule has 0 aliphatic rings. The number of rotatable bonds is 16. The van der Waals surface area contributed by atoms with E-state index in [0.717, 1.165) is 19.3 Å². The Morgan fingerprint density at radius 3 is 1.52 bits per heavy atom. The van der Waals surface area contributed by atoms with Crippen molar-refractivity contribution in [3.05, 3.63) is 12.2 Å². The fourth-order valence-electron chi connectivity index (χ4n) is 2.53. The highest BCUT2D eigenvalue weighted by molar-refractivity contribution is 7.85. The predicted molar refractivity (Wildman–Crippen MR) is 101 cm³/mol. The zero-order valence-electron chi connectivity index (χ0n) is 15.1. The maximum atomic E-state index is 10.5. The Bertz CT molecular complexity index is 353. The molecule has 0 radical (unpaired) electrons. The lowest BCUT2D eigenvalue weighted by atomic mass is 10.1. The molecule has 0 aromatic carbocycles. The number of unbranched alkanes of at least 4 members (excludes halogenated alkanes) is 12. The zero-order valence-corrected chi connectivity index (χ0v) is 16.0. The molecule has 0 atom stereocenters. The molecule has 0 heterocycles. The molecule has 140 valence electrons. The lowest BCUT2D eigenvalue weighted by Gasteiger charge is -2.00. The van der Waals surface area contributed by atoms with Crippen molar-refractivity contribution >= 4 is 10.1 Å². The second-order valence-corrected chi connectivity index (χ2v) is 7.80. The van der Waals surface area contributed by atoms with Gasteiger partial charge in [-0.2, -0.15) is 8.42 Å². The fraction of sp³-hybridized carbons (Fsp3) is 0.889. The van der Waals surface area contributed by atoms with Crippen molar-refractivity contribution < 1.29 is 13.0 Å². The van der Waals surface area contributed by atoms with E-state index < -0.39 is 10.1 Å². The minimum absolute atomic E-state index is 0. The van der Waals surface area contributed by atoms with E-state index in [2.05, 4.69) is 19.1 Å². The lowest BCUT2D eigenvalue weighted by molar-refractivity contribution is 0.478. The van der Waals surface area contributed by atoms with Crippen LogP contribution in [0.5, 0.6) is 0 Å². The van der Waals surface area contributed by atoms with Gasteiger partial charge in [-0.1, -0.05) is 76.9 Å². The largest absolute Gasteiger partial charge is 0.344 e. The summed E-state index contributed by atoms with van der Waals surface area (Å²) in [4.78, 5) is 0. The van der Waals surface area contributed by atoms with Crippen LogP contribution in [0, 0.1) is 0 Å². The van der Waals surface area contributed by atoms with E-state index in [1.165, 1.54) is 64.2 Å². The van der Waals surface area contributed by atoms with Crippen molar-refractivity contribution in [1.29, 1.82) is 0 Å². The van der Waals surface area contributed by atoms with Crippen LogP contribution in [0.15, 0.2) is 12.2 Å². The number of hydrogen-bond acceptors (Lipinski definition) is 3. The fourth-order valence-corrected chi connectivity index (χ4v) is 3.10. The lowest BCUT2D eigenvalue weighted by Crippen LogP contribution is -2.03. The summed E-state index contributed by atoms with van der Waals surface area (Å²) in [6.45, 7) is 2.25. The van der Waals surface area contributed by atoms with E-state index in [4.69, 9.17) is 4.55 Å². The summed E-state index contributed by atoms with van der Waals surface area (Å²) in [5.74, 6) is -0.0891.